The highest BCUT2D eigenvalue weighted by molar-refractivity contribution is 6.04. The zero-order chi connectivity index (χ0) is 22.2. The largest absolute Gasteiger partial charge is 0.495 e. The van der Waals surface area contributed by atoms with Gasteiger partial charge in [0.25, 0.3) is 0 Å². The molecule has 2 aromatic rings. The molecule has 1 aliphatic carbocycles. The summed E-state index contributed by atoms with van der Waals surface area (Å²) >= 11 is 0. The van der Waals surface area contributed by atoms with Gasteiger partial charge in [0.15, 0.2) is 0 Å². The Morgan fingerprint density at radius 1 is 1.09 bits per heavy atom. The molecule has 1 saturated heterocycles. The quantitative estimate of drug-likeness (QED) is 0.769. The van der Waals surface area contributed by atoms with Crippen molar-refractivity contribution in [2.24, 2.45) is 5.92 Å². The Bertz CT molecular complexity index is 1020. The third-order valence-electron chi connectivity index (χ3n) is 7.24. The zero-order valence-electron chi connectivity index (χ0n) is 18.2. The average molecular weight is 436 g/mol. The van der Waals surface area contributed by atoms with Crippen molar-refractivity contribution in [1.29, 1.82) is 0 Å². The number of likely N-dealkylation sites (tertiary alicyclic amines) is 1. The van der Waals surface area contributed by atoms with Gasteiger partial charge in [-0.2, -0.15) is 0 Å². The van der Waals surface area contributed by atoms with Crippen LogP contribution < -0.4 is 15.0 Å². The molecule has 5 rings (SSSR count). The summed E-state index contributed by atoms with van der Waals surface area (Å²) in [5, 5.41) is 13.1. The molecular weight excluding hydrogens is 406 g/mol. The van der Waals surface area contributed by atoms with Crippen LogP contribution in [0.2, 0.25) is 0 Å². The van der Waals surface area contributed by atoms with Crippen molar-refractivity contribution in [3.63, 3.8) is 0 Å². The van der Waals surface area contributed by atoms with Gasteiger partial charge in [0.1, 0.15) is 5.75 Å². The van der Waals surface area contributed by atoms with E-state index in [0.29, 0.717) is 18.0 Å². The van der Waals surface area contributed by atoms with Crippen LogP contribution in [0.15, 0.2) is 48.5 Å². The predicted molar refractivity (Wildman–Crippen MR) is 122 cm³/mol. The van der Waals surface area contributed by atoms with E-state index < -0.39 is 0 Å². The second kappa shape index (κ2) is 8.47. The van der Waals surface area contributed by atoms with Crippen LogP contribution in [-0.2, 0) is 4.79 Å². The monoisotopic (exact) mass is 435 g/mol. The zero-order valence-corrected chi connectivity index (χ0v) is 18.2. The summed E-state index contributed by atoms with van der Waals surface area (Å²) in [6, 6.07) is 14.5. The molecule has 0 radical (unpaired) electrons. The van der Waals surface area contributed by atoms with E-state index in [1.54, 1.807) is 24.1 Å². The molecule has 2 fully saturated rings. The molecule has 0 spiro atoms. The van der Waals surface area contributed by atoms with Gasteiger partial charge in [-0.05, 0) is 36.6 Å². The van der Waals surface area contributed by atoms with Crippen molar-refractivity contribution < 1.29 is 19.4 Å². The molecule has 32 heavy (non-hydrogen) atoms. The summed E-state index contributed by atoms with van der Waals surface area (Å²) in [6.45, 7) is 0.332. The number of benzene rings is 2. The van der Waals surface area contributed by atoms with E-state index in [1.807, 2.05) is 41.3 Å². The van der Waals surface area contributed by atoms with Gasteiger partial charge in [-0.25, -0.2) is 4.79 Å². The van der Waals surface area contributed by atoms with E-state index in [9.17, 15) is 14.7 Å². The third-order valence-corrected chi connectivity index (χ3v) is 7.24. The minimum absolute atomic E-state index is 0.0388. The fourth-order valence-corrected chi connectivity index (χ4v) is 5.70. The Morgan fingerprint density at radius 3 is 2.56 bits per heavy atom. The highest BCUT2D eigenvalue weighted by Crippen LogP contribution is 2.49. The van der Waals surface area contributed by atoms with E-state index in [0.717, 1.165) is 36.9 Å². The molecular formula is C25H29N3O4. The normalized spacial score (nSPS) is 24.4. The fourth-order valence-electron chi connectivity index (χ4n) is 5.70. The predicted octanol–water partition coefficient (Wildman–Crippen LogP) is 3.59. The molecule has 3 amide bonds. The van der Waals surface area contributed by atoms with Crippen LogP contribution in [-0.4, -0.2) is 54.3 Å². The van der Waals surface area contributed by atoms with Gasteiger partial charge >= 0.3 is 6.03 Å². The number of hydrogen-bond acceptors (Lipinski definition) is 4. The Kier molecular flexibility index (Phi) is 5.51. The van der Waals surface area contributed by atoms with Crippen LogP contribution in [0.25, 0.3) is 0 Å². The Labute approximate surface area is 188 Å². The van der Waals surface area contributed by atoms with Crippen molar-refractivity contribution in [1.82, 2.24) is 4.90 Å². The lowest BCUT2D eigenvalue weighted by Gasteiger charge is -2.59. The molecule has 0 bridgehead atoms. The summed E-state index contributed by atoms with van der Waals surface area (Å²) in [4.78, 5) is 30.2. The van der Waals surface area contributed by atoms with Crippen molar-refractivity contribution in [2.45, 2.75) is 43.7 Å². The lowest BCUT2D eigenvalue weighted by atomic mass is 9.71. The molecule has 2 aromatic carbocycles. The first-order chi connectivity index (χ1) is 15.6. The highest BCUT2D eigenvalue weighted by atomic mass is 16.5. The van der Waals surface area contributed by atoms with E-state index in [-0.39, 0.29) is 42.5 Å². The molecule has 3 atom stereocenters. The number of hydrogen-bond donors (Lipinski definition) is 2. The maximum atomic E-state index is 13.4. The van der Waals surface area contributed by atoms with Crippen LogP contribution >= 0.6 is 0 Å². The van der Waals surface area contributed by atoms with Crippen LogP contribution in [0.3, 0.4) is 0 Å². The smallest absolute Gasteiger partial charge is 0.326 e. The number of fused-ring (bicyclic) bond motifs is 3. The van der Waals surface area contributed by atoms with Crippen LogP contribution in [0.4, 0.5) is 16.2 Å². The number of nitrogens with zero attached hydrogens (tertiary/aromatic N) is 2. The number of ether oxygens (including phenoxy) is 1. The molecule has 2 N–H and O–H groups in total. The Hall–Kier alpha value is -3.06. The number of para-hydroxylation sites is 3. The van der Waals surface area contributed by atoms with E-state index in [4.69, 9.17) is 4.74 Å². The van der Waals surface area contributed by atoms with E-state index in [1.165, 1.54) is 0 Å². The first kappa shape index (κ1) is 20.8. The van der Waals surface area contributed by atoms with Gasteiger partial charge in [0.2, 0.25) is 5.91 Å². The number of urea groups is 1. The second-order valence-corrected chi connectivity index (χ2v) is 8.87. The number of nitrogens with one attached hydrogen (secondary N) is 1. The standard InChI is InChI=1S/C25H29N3O4/c1-32-22-13-7-5-11-18(22)26-25(31)27-14-20-23(17-10-4-6-12-19(17)27)21(15-29)28(20)24(30)16-8-2-3-9-16/h4-7,10-13,16,20-21,23,29H,2-3,8-9,14-15H2,1H3,(H,26,31)/t20-,21+,23+/m0/s1. The molecule has 7 heteroatoms. The fraction of sp³-hybridized carbons (Fsp3) is 0.440. The van der Waals surface area contributed by atoms with E-state index >= 15 is 0 Å². The maximum absolute atomic E-state index is 13.4. The summed E-state index contributed by atoms with van der Waals surface area (Å²) in [5.74, 6) is 0.799. The van der Waals surface area contributed by atoms with Gasteiger partial charge < -0.3 is 20.1 Å². The SMILES string of the molecule is COc1ccccc1NC(=O)N1C[C@H]2[C@@H](c3ccccc31)[C@@H](CO)N2C(=O)C1CCCC1. The van der Waals surface area contributed by atoms with Crippen molar-refractivity contribution >= 4 is 23.3 Å². The molecule has 2 aliphatic heterocycles. The first-order valence-electron chi connectivity index (χ1n) is 11.4. The summed E-state index contributed by atoms with van der Waals surface area (Å²) in [7, 11) is 1.57. The molecule has 7 nitrogen and oxygen atoms in total. The number of aliphatic hydroxyl groups is 1. The van der Waals surface area contributed by atoms with Crippen molar-refractivity contribution in [2.75, 3.05) is 30.5 Å². The lowest BCUT2D eigenvalue weighted by Crippen LogP contribution is -2.71. The van der Waals surface area contributed by atoms with Gasteiger partial charge in [0, 0.05) is 24.1 Å². The number of rotatable bonds is 4. The van der Waals surface area contributed by atoms with Crippen molar-refractivity contribution in [3.05, 3.63) is 54.1 Å². The van der Waals surface area contributed by atoms with Crippen molar-refractivity contribution in [3.8, 4) is 5.75 Å². The van der Waals surface area contributed by atoms with Gasteiger partial charge in [-0.1, -0.05) is 43.2 Å². The second-order valence-electron chi connectivity index (χ2n) is 8.87. The number of carbonyl (C=O) groups is 2. The number of anilines is 2. The van der Waals surface area contributed by atoms with E-state index in [2.05, 4.69) is 5.32 Å². The lowest BCUT2D eigenvalue weighted by molar-refractivity contribution is -0.154. The first-order valence-corrected chi connectivity index (χ1v) is 11.4. The van der Waals surface area contributed by atoms with Gasteiger partial charge in [0.05, 0.1) is 31.5 Å². The number of amides is 3. The van der Waals surface area contributed by atoms with Crippen LogP contribution in [0, 0.1) is 5.92 Å². The summed E-state index contributed by atoms with van der Waals surface area (Å²) in [6.07, 6.45) is 4.00. The minimum Gasteiger partial charge on any atom is -0.495 e. The van der Waals surface area contributed by atoms with Gasteiger partial charge in [-0.15, -0.1) is 0 Å². The molecule has 2 heterocycles. The highest BCUT2D eigenvalue weighted by Gasteiger charge is 2.56. The Morgan fingerprint density at radius 2 is 1.81 bits per heavy atom. The number of aliphatic hydroxyl groups excluding tert-OH is 1. The molecule has 0 unspecified atom stereocenters. The topological polar surface area (TPSA) is 82.1 Å². The minimum atomic E-state index is -0.263. The molecule has 1 saturated carbocycles. The molecule has 0 aromatic heterocycles. The number of methoxy groups -OCH3 is 1. The van der Waals surface area contributed by atoms with Gasteiger partial charge in [-0.3, -0.25) is 9.69 Å². The maximum Gasteiger partial charge on any atom is 0.326 e. The van der Waals surface area contributed by atoms with Crippen LogP contribution in [0.1, 0.15) is 37.2 Å². The number of carbonyl (C=O) groups excluding carboxylic acids is 2. The summed E-state index contributed by atoms with van der Waals surface area (Å²) in [5.41, 5.74) is 2.43. The average Bonchev–Trinajstić information content (AvgIpc) is 3.35. The molecule has 168 valence electrons. The molecule has 3 aliphatic rings. The third kappa shape index (κ3) is 3.32. The summed E-state index contributed by atoms with van der Waals surface area (Å²) < 4.78 is 5.37. The Balaban J connectivity index is 1.45. The van der Waals surface area contributed by atoms with Crippen LogP contribution in [0.5, 0.6) is 5.75 Å².